The van der Waals surface area contributed by atoms with Crippen LogP contribution < -0.4 is 0 Å². The average molecular weight is 841 g/mol. The Labute approximate surface area is 375 Å². The summed E-state index contributed by atoms with van der Waals surface area (Å²) >= 11 is 0. The van der Waals surface area contributed by atoms with Gasteiger partial charge in [-0.3, -0.25) is 4.79 Å². The molecule has 0 spiro atoms. The van der Waals surface area contributed by atoms with E-state index < -0.39 is 5.41 Å². The molecule has 0 aromatic heterocycles. The molecule has 286 valence electrons. The van der Waals surface area contributed by atoms with E-state index in [0.717, 1.165) is 5.56 Å². The van der Waals surface area contributed by atoms with Crippen LogP contribution in [0.25, 0.3) is 291 Å². The first-order chi connectivity index (χ1) is 34.4. The topological polar surface area (TPSA) is 17.1 Å². The highest BCUT2D eigenvalue weighted by Gasteiger charge is 2.63. The van der Waals surface area contributed by atoms with E-state index in [4.69, 9.17) is 0 Å². The molecule has 0 aliphatic heterocycles. The van der Waals surface area contributed by atoms with Crippen LogP contribution in [0.1, 0.15) is 45.0 Å². The quantitative estimate of drug-likeness (QED) is 0.128. The van der Waals surface area contributed by atoms with E-state index in [1.165, 1.54) is 0 Å². The zero-order valence-corrected chi connectivity index (χ0v) is 35.1. The Morgan fingerprint density at radius 3 is 0.696 bits per heavy atom. The fourth-order valence-electron chi connectivity index (χ4n) is 24.6. The van der Waals surface area contributed by atoms with Crippen LogP contribution in [0.4, 0.5) is 0 Å². The number of carbonyl (C=O) groups excluding carboxylic acids is 1. The number of ketones is 1. The highest BCUT2D eigenvalue weighted by Crippen LogP contribution is 2.84. The summed E-state index contributed by atoms with van der Waals surface area (Å²) < 4.78 is 0. The number of hydrogen-bond donors (Lipinski definition) is 0. The van der Waals surface area contributed by atoms with Crippen LogP contribution >= 0.6 is 0 Å². The Morgan fingerprint density at radius 1 is 0.261 bits per heavy atom. The molecule has 1 nitrogen and oxygen atoms in total. The van der Waals surface area contributed by atoms with E-state index in [-0.39, 0.29) is 5.92 Å². The van der Waals surface area contributed by atoms with Gasteiger partial charge in [0.15, 0.2) is 5.78 Å². The standard InChI is InChI=1S/C68H8O/c69-8(7-4-2-1-3-5-7)6-68-65-61-55-41-33-25-13-10-9-11-14(13)26-28-24-18(11)20-16-12(9)15-19-17(10)23-27(25)39(41)47-45-31(23)29(19)37-35-21(15)22(16)36-38-30(20)32(24)46-48-40(28)42(34(26)33)56(55)62(65)58(48)60-52(46)50(38)54-44(36)43(35)53-49(37)51(45)59(57(47)61)66(68)63(53)64(54)67(60)68/h1-5,65H,6H2. The molecule has 4 aliphatic rings. The predicted molar refractivity (Wildman–Crippen MR) is 290 cm³/mol. The summed E-state index contributed by atoms with van der Waals surface area (Å²) in [7, 11) is 0. The van der Waals surface area contributed by atoms with E-state index in [1.807, 2.05) is 0 Å². The van der Waals surface area contributed by atoms with Crippen LogP contribution in [-0.4, -0.2) is 5.78 Å². The molecule has 0 radical (unpaired) electrons. The number of benzene rings is 19. The molecule has 0 fully saturated rings. The first-order valence-corrected chi connectivity index (χ1v) is 25.7. The Kier molecular flexibility index (Phi) is 2.15. The largest absolute Gasteiger partial charge is 0.294 e. The molecule has 0 atom stereocenters. The molecular weight excluding hydrogens is 833 g/mol. The zero-order chi connectivity index (χ0) is 41.0. The maximum Gasteiger partial charge on any atom is 0.164 e. The van der Waals surface area contributed by atoms with E-state index >= 15 is 4.79 Å². The molecule has 0 amide bonds. The monoisotopic (exact) mass is 840 g/mol. The maximum atomic E-state index is 16.0. The maximum absolute atomic E-state index is 16.0. The molecule has 69 heavy (non-hydrogen) atoms. The lowest BCUT2D eigenvalue weighted by Gasteiger charge is -2.45. The predicted octanol–water partition coefficient (Wildman–Crippen LogP) is 18.4. The van der Waals surface area contributed by atoms with Gasteiger partial charge in [0, 0.05) is 23.3 Å². The number of hydrogen-bond acceptors (Lipinski definition) is 1. The second-order valence-electron chi connectivity index (χ2n) is 25.2. The molecule has 4 aliphatic carbocycles. The van der Waals surface area contributed by atoms with Crippen molar-refractivity contribution >= 4 is 297 Å². The van der Waals surface area contributed by atoms with Crippen LogP contribution in [-0.2, 0) is 5.41 Å². The van der Waals surface area contributed by atoms with Crippen molar-refractivity contribution in [2.24, 2.45) is 0 Å². The van der Waals surface area contributed by atoms with Crippen molar-refractivity contribution in [3.05, 3.63) is 58.1 Å². The molecule has 0 heterocycles. The minimum Gasteiger partial charge on any atom is -0.294 e. The minimum atomic E-state index is -0.516. The first-order valence-electron chi connectivity index (χ1n) is 25.7. The molecule has 0 saturated carbocycles. The van der Waals surface area contributed by atoms with Gasteiger partial charge in [0.2, 0.25) is 0 Å². The van der Waals surface area contributed by atoms with E-state index in [9.17, 15) is 0 Å². The molecule has 0 N–H and O–H groups in total. The third-order valence-electron chi connectivity index (χ3n) is 24.8. The van der Waals surface area contributed by atoms with Crippen molar-refractivity contribution in [2.45, 2.75) is 17.8 Å². The molecule has 33 rings (SSSR count). The van der Waals surface area contributed by atoms with Gasteiger partial charge in [0.05, 0.1) is 0 Å². The smallest absolute Gasteiger partial charge is 0.164 e. The van der Waals surface area contributed by atoms with Gasteiger partial charge in [-0.2, -0.15) is 0 Å². The van der Waals surface area contributed by atoms with Crippen molar-refractivity contribution in [3.63, 3.8) is 0 Å². The highest BCUT2D eigenvalue weighted by molar-refractivity contribution is 6.82. The molecule has 0 unspecified atom stereocenters. The third-order valence-corrected chi connectivity index (χ3v) is 24.8. The molecule has 0 bridgehead atoms. The van der Waals surface area contributed by atoms with Gasteiger partial charge in [-0.05, 0) is 313 Å². The fraction of sp³-hybridized carbons (Fsp3) is 0.0441. The van der Waals surface area contributed by atoms with Crippen molar-refractivity contribution in [1.82, 2.24) is 0 Å². The first kappa shape index (κ1) is 25.5. The molecule has 0 saturated heterocycles. The summed E-state index contributed by atoms with van der Waals surface area (Å²) in [6.07, 6.45) is 0.511. The summed E-state index contributed by atoms with van der Waals surface area (Å²) in [5.74, 6) is 0.406. The van der Waals surface area contributed by atoms with E-state index in [1.54, 1.807) is 313 Å². The molecule has 29 aromatic rings. The molecular formula is C68H8O. The zero-order valence-electron chi connectivity index (χ0n) is 35.1. The molecule has 1 heteroatoms. The van der Waals surface area contributed by atoms with Crippen molar-refractivity contribution < 1.29 is 4.79 Å². The van der Waals surface area contributed by atoms with Gasteiger partial charge in [-0.25, -0.2) is 0 Å². The van der Waals surface area contributed by atoms with Crippen molar-refractivity contribution in [2.75, 3.05) is 0 Å². The van der Waals surface area contributed by atoms with E-state index in [2.05, 4.69) is 30.3 Å². The Morgan fingerprint density at radius 2 is 0.449 bits per heavy atom. The second kappa shape index (κ2) is 5.82. The highest BCUT2D eigenvalue weighted by atomic mass is 16.1. The van der Waals surface area contributed by atoms with Crippen LogP contribution in [0.5, 0.6) is 0 Å². The Bertz CT molecular complexity index is 7110. The lowest BCUT2D eigenvalue weighted by molar-refractivity contribution is 0.0956. The van der Waals surface area contributed by atoms with Crippen LogP contribution in [0.15, 0.2) is 30.3 Å². The summed E-state index contributed by atoms with van der Waals surface area (Å²) in [5, 5.41) is 86.9. The van der Waals surface area contributed by atoms with Gasteiger partial charge < -0.3 is 0 Å². The molecule has 29 aromatic carbocycles. The SMILES string of the molecule is O=C(CC12c3c4c5c6c7c8c(c9c%10c1c1c3c3c%11c4c4c5c5c7c7c%12c8c8c9c9c%10c%10c1c1c3c3c%11c%11c4c4c5c7c5c7c%12c8c8c9c9c%10c1c1c3c3c%11c4c5c4c7c8c9c1c34)C62)c1ccccc1. The summed E-state index contributed by atoms with van der Waals surface area (Å²) in [4.78, 5) is 16.0. The van der Waals surface area contributed by atoms with Gasteiger partial charge >= 0.3 is 0 Å². The van der Waals surface area contributed by atoms with Gasteiger partial charge in [-0.1, -0.05) is 30.3 Å². The number of carbonyl (C=O) groups is 1. The second-order valence-corrected chi connectivity index (χ2v) is 25.2. The summed E-state index contributed by atoms with van der Waals surface area (Å²) in [6, 6.07) is 10.5. The lowest BCUT2D eigenvalue weighted by Crippen LogP contribution is -2.39. The normalized spacial score (nSPS) is 20.8. The lowest BCUT2D eigenvalue weighted by atomic mass is 9.55. The van der Waals surface area contributed by atoms with Crippen LogP contribution in [0.2, 0.25) is 0 Å². The minimum absolute atomic E-state index is 0.0933. The van der Waals surface area contributed by atoms with Gasteiger partial charge in [-0.15, -0.1) is 0 Å². The van der Waals surface area contributed by atoms with Crippen LogP contribution in [0, 0.1) is 0 Å². The Hall–Kier alpha value is -8.65. The van der Waals surface area contributed by atoms with Gasteiger partial charge in [0.25, 0.3) is 0 Å². The third kappa shape index (κ3) is 1.39. The van der Waals surface area contributed by atoms with E-state index in [0.29, 0.717) is 12.2 Å². The average Bonchev–Trinajstić information content (AvgIpc) is 4.22. The fourth-order valence-corrected chi connectivity index (χ4v) is 24.6. The summed E-state index contributed by atoms with van der Waals surface area (Å²) in [6.45, 7) is 0. The number of rotatable bonds is 3. The van der Waals surface area contributed by atoms with Gasteiger partial charge in [0.1, 0.15) is 0 Å². The Balaban J connectivity index is 1.17. The number of Topliss-reactive ketones (excluding diaryl/α,β-unsaturated/α-hetero) is 1. The van der Waals surface area contributed by atoms with Crippen molar-refractivity contribution in [1.29, 1.82) is 0 Å². The summed E-state index contributed by atoms with van der Waals surface area (Å²) in [5.41, 5.74) is 6.77. The van der Waals surface area contributed by atoms with Crippen molar-refractivity contribution in [3.8, 4) is 0 Å². The van der Waals surface area contributed by atoms with Crippen LogP contribution in [0.3, 0.4) is 0 Å².